The van der Waals surface area contributed by atoms with Crippen LogP contribution in [0.4, 0.5) is 0 Å². The molecule has 2 aromatic heterocycles. The lowest BCUT2D eigenvalue weighted by molar-refractivity contribution is 0.874. The highest BCUT2D eigenvalue weighted by atomic mass is 79.9. The molecule has 3 nitrogen and oxygen atoms in total. The number of hydrogen-bond donors (Lipinski definition) is 0. The fraction of sp³-hybridized carbons (Fsp3) is 0.200. The maximum Gasteiger partial charge on any atom is 0.164 e. The number of halogens is 3. The quantitative estimate of drug-likeness (QED) is 0.550. The van der Waals surface area contributed by atoms with E-state index in [-0.39, 0.29) is 5.38 Å². The number of aryl methyl sites for hydroxylation is 1. The zero-order valence-electron chi connectivity index (χ0n) is 11.4. The molecule has 108 valence electrons. The van der Waals surface area contributed by atoms with Crippen molar-refractivity contribution in [3.63, 3.8) is 0 Å². The minimum Gasteiger partial charge on any atom is -0.278 e. The molecule has 0 bridgehead atoms. The summed E-state index contributed by atoms with van der Waals surface area (Å²) in [4.78, 5) is 9.00. The SMILES string of the molecule is Cc1ccc(Br)c(-n2c(C(C)Cl)nc3cc(Cl)cnc32)c1. The van der Waals surface area contributed by atoms with Crippen LogP contribution in [0.15, 0.2) is 34.9 Å². The van der Waals surface area contributed by atoms with Crippen molar-refractivity contribution in [2.24, 2.45) is 0 Å². The van der Waals surface area contributed by atoms with Gasteiger partial charge in [-0.2, -0.15) is 0 Å². The van der Waals surface area contributed by atoms with Gasteiger partial charge in [-0.1, -0.05) is 17.7 Å². The lowest BCUT2D eigenvalue weighted by Gasteiger charge is -2.12. The van der Waals surface area contributed by atoms with E-state index in [4.69, 9.17) is 23.2 Å². The second-order valence-electron chi connectivity index (χ2n) is 4.87. The topological polar surface area (TPSA) is 30.7 Å². The van der Waals surface area contributed by atoms with Gasteiger partial charge in [0.25, 0.3) is 0 Å². The number of rotatable bonds is 2. The van der Waals surface area contributed by atoms with E-state index in [0.717, 1.165) is 32.7 Å². The predicted octanol–water partition coefficient (Wildman–Crippen LogP) is 5.44. The standard InChI is InChI=1S/C15H12BrCl2N3/c1-8-3-4-11(16)13(5-8)21-14(9(2)17)20-12-6-10(18)7-19-15(12)21/h3-7,9H,1-2H3. The van der Waals surface area contributed by atoms with Gasteiger partial charge in [-0.25, -0.2) is 9.97 Å². The molecule has 21 heavy (non-hydrogen) atoms. The minimum absolute atomic E-state index is 0.245. The summed E-state index contributed by atoms with van der Waals surface area (Å²) in [6.07, 6.45) is 1.62. The third-order valence-electron chi connectivity index (χ3n) is 3.19. The molecule has 3 aromatic rings. The van der Waals surface area contributed by atoms with E-state index >= 15 is 0 Å². The third-order valence-corrected chi connectivity index (χ3v) is 4.26. The van der Waals surface area contributed by atoms with Gasteiger partial charge in [-0.3, -0.25) is 4.57 Å². The number of imidazole rings is 1. The van der Waals surface area contributed by atoms with Crippen molar-refractivity contribution in [3.8, 4) is 5.69 Å². The van der Waals surface area contributed by atoms with Crippen molar-refractivity contribution in [3.05, 3.63) is 51.3 Å². The molecule has 1 atom stereocenters. The molecule has 2 heterocycles. The van der Waals surface area contributed by atoms with Gasteiger partial charge >= 0.3 is 0 Å². The summed E-state index contributed by atoms with van der Waals surface area (Å²) in [5.74, 6) is 0.743. The fourth-order valence-corrected chi connectivity index (χ4v) is 2.98. The summed E-state index contributed by atoms with van der Waals surface area (Å²) in [6, 6.07) is 7.92. The summed E-state index contributed by atoms with van der Waals surface area (Å²) in [5.41, 5.74) is 3.60. The van der Waals surface area contributed by atoms with Crippen LogP contribution in [0.3, 0.4) is 0 Å². The smallest absolute Gasteiger partial charge is 0.164 e. The molecule has 0 amide bonds. The monoisotopic (exact) mass is 383 g/mol. The van der Waals surface area contributed by atoms with Gasteiger partial charge in [-0.05, 0) is 53.5 Å². The summed E-state index contributed by atoms with van der Waals surface area (Å²) in [5, 5.41) is 0.314. The van der Waals surface area contributed by atoms with E-state index in [1.165, 1.54) is 0 Å². The summed E-state index contributed by atoms with van der Waals surface area (Å²) in [7, 11) is 0. The Bertz CT molecular complexity index is 827. The van der Waals surface area contributed by atoms with Gasteiger partial charge in [-0.15, -0.1) is 11.6 Å². The second-order valence-corrected chi connectivity index (χ2v) is 6.82. The lowest BCUT2D eigenvalue weighted by Crippen LogP contribution is -2.04. The van der Waals surface area contributed by atoms with Crippen molar-refractivity contribution in [2.75, 3.05) is 0 Å². The van der Waals surface area contributed by atoms with Crippen LogP contribution in [-0.2, 0) is 0 Å². The Kier molecular flexibility index (Phi) is 3.95. The summed E-state index contributed by atoms with van der Waals surface area (Å²) < 4.78 is 2.93. The number of fused-ring (bicyclic) bond motifs is 1. The Hall–Kier alpha value is -1.10. The van der Waals surface area contributed by atoms with Gasteiger partial charge in [0.15, 0.2) is 5.65 Å². The molecule has 0 spiro atoms. The van der Waals surface area contributed by atoms with Crippen molar-refractivity contribution < 1.29 is 0 Å². The molecule has 0 aliphatic carbocycles. The van der Waals surface area contributed by atoms with Crippen molar-refractivity contribution >= 4 is 50.3 Å². The third kappa shape index (κ3) is 2.68. The van der Waals surface area contributed by atoms with Crippen LogP contribution in [0.5, 0.6) is 0 Å². The molecule has 0 N–H and O–H groups in total. The predicted molar refractivity (Wildman–Crippen MR) is 90.6 cm³/mol. The van der Waals surface area contributed by atoms with E-state index in [1.807, 2.05) is 30.5 Å². The van der Waals surface area contributed by atoms with E-state index in [1.54, 1.807) is 12.3 Å². The number of aromatic nitrogens is 3. The van der Waals surface area contributed by atoms with Crippen LogP contribution in [-0.4, -0.2) is 14.5 Å². The molecule has 1 unspecified atom stereocenters. The average Bonchev–Trinajstić information content (AvgIpc) is 2.80. The van der Waals surface area contributed by atoms with Crippen LogP contribution in [0.2, 0.25) is 5.02 Å². The Morgan fingerprint density at radius 2 is 2.05 bits per heavy atom. The molecule has 1 aromatic carbocycles. The molecular formula is C15H12BrCl2N3. The zero-order chi connectivity index (χ0) is 15.1. The molecule has 3 rings (SSSR count). The van der Waals surface area contributed by atoms with Crippen LogP contribution in [0.1, 0.15) is 23.7 Å². The molecule has 0 saturated heterocycles. The van der Waals surface area contributed by atoms with Gasteiger partial charge in [0.05, 0.1) is 16.1 Å². The number of pyridine rings is 1. The first-order chi connectivity index (χ1) is 9.97. The van der Waals surface area contributed by atoms with Gasteiger partial charge < -0.3 is 0 Å². The molecule has 0 radical (unpaired) electrons. The first-order valence-corrected chi connectivity index (χ1v) is 8.02. The van der Waals surface area contributed by atoms with E-state index in [9.17, 15) is 0 Å². The Labute approximate surface area is 141 Å². The molecule has 6 heteroatoms. The molecule has 0 fully saturated rings. The first-order valence-electron chi connectivity index (χ1n) is 6.42. The molecule has 0 aliphatic rings. The Morgan fingerprint density at radius 1 is 1.29 bits per heavy atom. The lowest BCUT2D eigenvalue weighted by atomic mass is 10.2. The Balaban J connectivity index is 2.39. The highest BCUT2D eigenvalue weighted by Gasteiger charge is 2.19. The number of benzene rings is 1. The molecular weight excluding hydrogens is 373 g/mol. The van der Waals surface area contributed by atoms with Crippen LogP contribution >= 0.6 is 39.1 Å². The Morgan fingerprint density at radius 3 is 2.76 bits per heavy atom. The summed E-state index contributed by atoms with van der Waals surface area (Å²) in [6.45, 7) is 3.94. The number of hydrogen-bond acceptors (Lipinski definition) is 2. The van der Waals surface area contributed by atoms with Gasteiger partial charge in [0.1, 0.15) is 11.3 Å². The van der Waals surface area contributed by atoms with Crippen molar-refractivity contribution in [1.82, 2.24) is 14.5 Å². The fourth-order valence-electron chi connectivity index (χ4n) is 2.26. The van der Waals surface area contributed by atoms with Gasteiger partial charge in [0, 0.05) is 10.7 Å². The van der Waals surface area contributed by atoms with Crippen LogP contribution < -0.4 is 0 Å². The van der Waals surface area contributed by atoms with Crippen molar-refractivity contribution in [2.45, 2.75) is 19.2 Å². The highest BCUT2D eigenvalue weighted by Crippen LogP contribution is 2.32. The van der Waals surface area contributed by atoms with Crippen LogP contribution in [0.25, 0.3) is 16.9 Å². The van der Waals surface area contributed by atoms with E-state index in [2.05, 4.69) is 32.0 Å². The number of nitrogens with zero attached hydrogens (tertiary/aromatic N) is 3. The normalized spacial score (nSPS) is 12.8. The van der Waals surface area contributed by atoms with Crippen LogP contribution in [0, 0.1) is 6.92 Å². The summed E-state index contributed by atoms with van der Waals surface area (Å²) >= 11 is 15.9. The maximum atomic E-state index is 6.30. The largest absolute Gasteiger partial charge is 0.278 e. The number of alkyl halides is 1. The average molecular weight is 385 g/mol. The minimum atomic E-state index is -0.245. The molecule has 0 aliphatic heterocycles. The molecule has 0 saturated carbocycles. The van der Waals surface area contributed by atoms with Gasteiger partial charge in [0.2, 0.25) is 0 Å². The van der Waals surface area contributed by atoms with E-state index in [0.29, 0.717) is 5.02 Å². The maximum absolute atomic E-state index is 6.30. The zero-order valence-corrected chi connectivity index (χ0v) is 14.5. The van der Waals surface area contributed by atoms with Crippen molar-refractivity contribution in [1.29, 1.82) is 0 Å². The second kappa shape index (κ2) is 5.59. The highest BCUT2D eigenvalue weighted by molar-refractivity contribution is 9.10. The first kappa shape index (κ1) is 14.8. The van der Waals surface area contributed by atoms with E-state index < -0.39 is 0 Å².